The van der Waals surface area contributed by atoms with E-state index >= 15 is 0 Å². The van der Waals surface area contributed by atoms with Crippen LogP contribution >= 0.6 is 0 Å². The van der Waals surface area contributed by atoms with E-state index in [0.717, 1.165) is 16.9 Å². The van der Waals surface area contributed by atoms with E-state index in [-0.39, 0.29) is 5.91 Å². The Kier molecular flexibility index (Phi) is 5.74. The first-order chi connectivity index (χ1) is 13.3. The quantitative estimate of drug-likeness (QED) is 0.671. The third-order valence-corrected chi connectivity index (χ3v) is 5.82. The molecule has 1 aliphatic heterocycles. The lowest BCUT2D eigenvalue weighted by atomic mass is 10.1. The van der Waals surface area contributed by atoms with E-state index in [1.807, 2.05) is 24.3 Å². The van der Waals surface area contributed by atoms with Crippen LogP contribution in [0.25, 0.3) is 0 Å². The van der Waals surface area contributed by atoms with Crippen molar-refractivity contribution < 1.29 is 17.9 Å². The standard InChI is InChI=1S/C21H24N2O4S/c1-4-13-27-19-8-5-16(6-9-19)15-22(2)21(24)18-7-10-20-17(14-18)11-12-23(20)28(3,25)26/h4-10,14H,1,11-13,15H2,2-3H3. The lowest BCUT2D eigenvalue weighted by molar-refractivity contribution is 0.0785. The summed E-state index contributed by atoms with van der Waals surface area (Å²) in [5.41, 5.74) is 3.10. The number of carbonyl (C=O) groups excluding carboxylic acids is 1. The number of amides is 1. The summed E-state index contributed by atoms with van der Waals surface area (Å²) in [6.07, 6.45) is 3.49. The molecule has 0 bridgehead atoms. The number of benzene rings is 2. The lowest BCUT2D eigenvalue weighted by Gasteiger charge is -2.19. The third kappa shape index (κ3) is 4.36. The van der Waals surface area contributed by atoms with Gasteiger partial charge in [0.1, 0.15) is 12.4 Å². The highest BCUT2D eigenvalue weighted by atomic mass is 32.2. The van der Waals surface area contributed by atoms with Gasteiger partial charge in [-0.25, -0.2) is 8.42 Å². The summed E-state index contributed by atoms with van der Waals surface area (Å²) in [5, 5.41) is 0. The Morgan fingerprint density at radius 2 is 1.96 bits per heavy atom. The molecule has 0 unspecified atom stereocenters. The maximum absolute atomic E-state index is 12.8. The van der Waals surface area contributed by atoms with Crippen LogP contribution in [0, 0.1) is 0 Å². The van der Waals surface area contributed by atoms with Crippen LogP contribution in [0.5, 0.6) is 5.75 Å². The molecule has 7 heteroatoms. The highest BCUT2D eigenvalue weighted by Crippen LogP contribution is 2.31. The smallest absolute Gasteiger partial charge is 0.253 e. The van der Waals surface area contributed by atoms with Crippen molar-refractivity contribution in [3.05, 3.63) is 71.8 Å². The summed E-state index contributed by atoms with van der Waals surface area (Å²) in [4.78, 5) is 14.4. The van der Waals surface area contributed by atoms with Crippen molar-refractivity contribution in [2.75, 3.05) is 30.8 Å². The number of nitrogens with zero attached hydrogens (tertiary/aromatic N) is 2. The zero-order chi connectivity index (χ0) is 20.3. The molecule has 1 aliphatic rings. The fourth-order valence-corrected chi connectivity index (χ4v) is 4.22. The number of anilines is 1. The van der Waals surface area contributed by atoms with E-state index < -0.39 is 10.0 Å². The number of carbonyl (C=O) groups is 1. The Hall–Kier alpha value is -2.80. The highest BCUT2D eigenvalue weighted by molar-refractivity contribution is 7.92. The van der Waals surface area contributed by atoms with Crippen LogP contribution in [-0.2, 0) is 23.0 Å². The van der Waals surface area contributed by atoms with Crippen LogP contribution in [0.4, 0.5) is 5.69 Å². The molecule has 2 aromatic rings. The van der Waals surface area contributed by atoms with Crippen LogP contribution in [0.2, 0.25) is 0 Å². The minimum absolute atomic E-state index is 0.104. The van der Waals surface area contributed by atoms with Gasteiger partial charge in [-0.3, -0.25) is 9.10 Å². The van der Waals surface area contributed by atoms with Crippen molar-refractivity contribution in [2.24, 2.45) is 0 Å². The summed E-state index contributed by atoms with van der Waals surface area (Å²) < 4.78 is 30.5. The van der Waals surface area contributed by atoms with Crippen LogP contribution in [-0.4, -0.2) is 45.7 Å². The zero-order valence-corrected chi connectivity index (χ0v) is 16.9. The van der Waals surface area contributed by atoms with Crippen molar-refractivity contribution in [3.8, 4) is 5.75 Å². The normalized spacial score (nSPS) is 13.1. The zero-order valence-electron chi connectivity index (χ0n) is 16.1. The van der Waals surface area contributed by atoms with Gasteiger partial charge in [-0.15, -0.1) is 0 Å². The van der Waals surface area contributed by atoms with Gasteiger partial charge in [0.15, 0.2) is 0 Å². The van der Waals surface area contributed by atoms with Gasteiger partial charge >= 0.3 is 0 Å². The maximum Gasteiger partial charge on any atom is 0.253 e. The van der Waals surface area contributed by atoms with Crippen LogP contribution in [0.15, 0.2) is 55.1 Å². The fourth-order valence-electron chi connectivity index (χ4n) is 3.26. The number of sulfonamides is 1. The Balaban J connectivity index is 1.69. The molecular weight excluding hydrogens is 376 g/mol. The molecule has 6 nitrogen and oxygen atoms in total. The van der Waals surface area contributed by atoms with Gasteiger partial charge in [0.05, 0.1) is 11.9 Å². The average molecular weight is 401 g/mol. The second kappa shape index (κ2) is 8.06. The molecule has 0 fully saturated rings. The number of fused-ring (bicyclic) bond motifs is 1. The highest BCUT2D eigenvalue weighted by Gasteiger charge is 2.27. The molecule has 1 heterocycles. The van der Waals surface area contributed by atoms with Crippen LogP contribution in [0.3, 0.4) is 0 Å². The molecule has 0 saturated heterocycles. The first-order valence-corrected chi connectivity index (χ1v) is 10.8. The van der Waals surface area contributed by atoms with Crippen LogP contribution in [0.1, 0.15) is 21.5 Å². The second-order valence-electron chi connectivity index (χ2n) is 6.83. The maximum atomic E-state index is 12.8. The molecule has 0 spiro atoms. The largest absolute Gasteiger partial charge is 0.490 e. The predicted octanol–water partition coefficient (Wildman–Crippen LogP) is 2.85. The first-order valence-electron chi connectivity index (χ1n) is 8.98. The third-order valence-electron chi connectivity index (χ3n) is 4.64. The molecule has 0 radical (unpaired) electrons. The van der Waals surface area contributed by atoms with Crippen LogP contribution < -0.4 is 9.04 Å². The molecule has 0 aromatic heterocycles. The summed E-state index contributed by atoms with van der Waals surface area (Å²) in [5.74, 6) is 0.652. The Labute approximate surface area is 166 Å². The molecule has 28 heavy (non-hydrogen) atoms. The first kappa shape index (κ1) is 19.9. The van der Waals surface area contributed by atoms with E-state index in [1.54, 1.807) is 36.2 Å². The molecule has 0 N–H and O–H groups in total. The molecule has 0 aliphatic carbocycles. The van der Waals surface area contributed by atoms with Crippen molar-refractivity contribution >= 4 is 21.6 Å². The van der Waals surface area contributed by atoms with E-state index in [2.05, 4.69) is 6.58 Å². The van der Waals surface area contributed by atoms with E-state index in [4.69, 9.17) is 4.74 Å². The molecule has 1 amide bonds. The summed E-state index contributed by atoms with van der Waals surface area (Å²) in [7, 11) is -1.54. The second-order valence-corrected chi connectivity index (χ2v) is 8.74. The molecule has 0 saturated carbocycles. The number of hydrogen-bond acceptors (Lipinski definition) is 4. The minimum Gasteiger partial charge on any atom is -0.490 e. The Bertz CT molecular complexity index is 984. The number of hydrogen-bond donors (Lipinski definition) is 0. The van der Waals surface area contributed by atoms with Crippen molar-refractivity contribution in [2.45, 2.75) is 13.0 Å². The topological polar surface area (TPSA) is 66.9 Å². The van der Waals surface area contributed by atoms with Gasteiger partial charge in [0.25, 0.3) is 5.91 Å². The van der Waals surface area contributed by atoms with Crippen molar-refractivity contribution in [1.29, 1.82) is 0 Å². The van der Waals surface area contributed by atoms with Crippen molar-refractivity contribution in [1.82, 2.24) is 4.90 Å². The van der Waals surface area contributed by atoms with Gasteiger partial charge in [0, 0.05) is 25.7 Å². The Morgan fingerprint density at radius 1 is 1.25 bits per heavy atom. The minimum atomic E-state index is -3.29. The monoisotopic (exact) mass is 400 g/mol. The summed E-state index contributed by atoms with van der Waals surface area (Å²) in [6.45, 7) is 4.95. The van der Waals surface area contributed by atoms with Gasteiger partial charge in [-0.2, -0.15) is 0 Å². The van der Waals surface area contributed by atoms with Gasteiger partial charge < -0.3 is 9.64 Å². The summed E-state index contributed by atoms with van der Waals surface area (Å²) in [6, 6.07) is 12.8. The molecule has 148 valence electrons. The average Bonchev–Trinajstić information content (AvgIpc) is 3.10. The predicted molar refractivity (Wildman–Crippen MR) is 110 cm³/mol. The molecule has 2 aromatic carbocycles. The van der Waals surface area contributed by atoms with E-state index in [9.17, 15) is 13.2 Å². The van der Waals surface area contributed by atoms with E-state index in [0.29, 0.717) is 37.4 Å². The van der Waals surface area contributed by atoms with Gasteiger partial charge in [-0.1, -0.05) is 24.8 Å². The van der Waals surface area contributed by atoms with Gasteiger partial charge in [-0.05, 0) is 47.9 Å². The molecule has 3 rings (SSSR count). The van der Waals surface area contributed by atoms with E-state index in [1.165, 1.54) is 10.6 Å². The number of rotatable bonds is 7. The lowest BCUT2D eigenvalue weighted by Crippen LogP contribution is -2.27. The Morgan fingerprint density at radius 3 is 2.61 bits per heavy atom. The van der Waals surface area contributed by atoms with Crippen molar-refractivity contribution in [3.63, 3.8) is 0 Å². The number of ether oxygens (including phenoxy) is 1. The fraction of sp³-hybridized carbons (Fsp3) is 0.286. The summed E-state index contributed by atoms with van der Waals surface area (Å²) >= 11 is 0. The SMILES string of the molecule is C=CCOc1ccc(CN(C)C(=O)c2ccc3c(c2)CCN3S(C)(=O)=O)cc1. The van der Waals surface area contributed by atoms with Gasteiger partial charge in [0.2, 0.25) is 10.0 Å². The molecular formula is C21H24N2O4S. The molecule has 0 atom stereocenters.